The third kappa shape index (κ3) is 6.78. The average Bonchev–Trinajstić information content (AvgIpc) is 3.03. The average molecular weight is 629 g/mol. The number of phenols is 1. The number of nitrogens with zero attached hydrogens (tertiary/aromatic N) is 2. The lowest BCUT2D eigenvalue weighted by molar-refractivity contribution is -0.170. The summed E-state index contributed by atoms with van der Waals surface area (Å²) in [6.07, 6.45) is 1.04. The van der Waals surface area contributed by atoms with Crippen LogP contribution in [-0.2, 0) is 23.9 Å². The monoisotopic (exact) mass is 628 g/mol. The molecule has 0 aromatic heterocycles. The summed E-state index contributed by atoms with van der Waals surface area (Å²) >= 11 is 1.44. The second kappa shape index (κ2) is 13.5. The Labute approximate surface area is 268 Å². The van der Waals surface area contributed by atoms with Crippen molar-refractivity contribution in [1.29, 1.82) is 0 Å². The maximum absolute atomic E-state index is 14.1. The van der Waals surface area contributed by atoms with Crippen molar-refractivity contribution >= 4 is 35.8 Å². The Morgan fingerprint density at radius 3 is 2.07 bits per heavy atom. The number of phenolic OH excluding ortho intramolecular Hbond substituents is 1. The van der Waals surface area contributed by atoms with Crippen molar-refractivity contribution in [3.8, 4) is 5.75 Å². The van der Waals surface area contributed by atoms with Gasteiger partial charge >= 0.3 is 11.9 Å². The summed E-state index contributed by atoms with van der Waals surface area (Å²) in [5.74, 6) is -0.382. The van der Waals surface area contributed by atoms with Crippen molar-refractivity contribution in [3.63, 3.8) is 0 Å². The third-order valence-electron chi connectivity index (χ3n) is 8.35. The molecule has 3 aromatic carbocycles. The third-order valence-corrected chi connectivity index (χ3v) is 9.92. The molecule has 1 amide bonds. The van der Waals surface area contributed by atoms with Gasteiger partial charge < -0.3 is 19.5 Å². The molecule has 2 unspecified atom stereocenters. The number of ether oxygens (including phenoxy) is 2. The van der Waals surface area contributed by atoms with Gasteiger partial charge in [-0.3, -0.25) is 19.4 Å². The molecule has 2 saturated heterocycles. The fourth-order valence-corrected chi connectivity index (χ4v) is 7.27. The molecule has 0 bridgehead atoms. The van der Waals surface area contributed by atoms with E-state index < -0.39 is 29.5 Å². The second-order valence-corrected chi connectivity index (χ2v) is 13.5. The Balaban J connectivity index is 1.37. The van der Waals surface area contributed by atoms with Crippen LogP contribution in [0.25, 0.3) is 0 Å². The molecule has 45 heavy (non-hydrogen) atoms. The van der Waals surface area contributed by atoms with Crippen LogP contribution in [0.3, 0.4) is 0 Å². The molecule has 0 spiro atoms. The molecule has 2 aliphatic heterocycles. The van der Waals surface area contributed by atoms with Gasteiger partial charge in [0.25, 0.3) is 5.91 Å². The standard InChI is InChI=1S/C36H40N2O6S/c1-22(2)28-16-25(17-29(23(3)4)31(28)40)18-37-30-33(41)38-19-36(20-43-24(5)39,21-45-34(30)38)35(42)44-32(26-12-8-6-9-13-26)27-14-10-7-11-15-27/h6-18,22-23,30,32,34,40H,19-21H2,1-5H3/t30?,34-,36?/m1/s1. The molecule has 2 aliphatic rings. The highest BCUT2D eigenvalue weighted by molar-refractivity contribution is 8.00. The van der Waals surface area contributed by atoms with E-state index in [1.54, 1.807) is 11.1 Å². The number of hydrogen-bond acceptors (Lipinski definition) is 8. The maximum atomic E-state index is 14.1. The van der Waals surface area contributed by atoms with Crippen LogP contribution in [0.1, 0.15) is 80.4 Å². The van der Waals surface area contributed by atoms with E-state index in [4.69, 9.17) is 9.47 Å². The van der Waals surface area contributed by atoms with Crippen molar-refractivity contribution in [2.24, 2.45) is 10.4 Å². The van der Waals surface area contributed by atoms with E-state index in [9.17, 15) is 19.5 Å². The molecule has 2 heterocycles. The first kappa shape index (κ1) is 32.3. The number of benzene rings is 3. The van der Waals surface area contributed by atoms with E-state index in [0.29, 0.717) is 11.5 Å². The Hall–Kier alpha value is -4.11. The number of amides is 1. The van der Waals surface area contributed by atoms with Gasteiger partial charge in [0.1, 0.15) is 23.1 Å². The summed E-state index contributed by atoms with van der Waals surface area (Å²) in [6, 6.07) is 22.2. The largest absolute Gasteiger partial charge is 0.507 e. The van der Waals surface area contributed by atoms with Gasteiger partial charge in [0.15, 0.2) is 12.1 Å². The van der Waals surface area contributed by atoms with Crippen LogP contribution in [0.5, 0.6) is 5.75 Å². The number of aliphatic imine (C=N–C) groups is 1. The van der Waals surface area contributed by atoms with Gasteiger partial charge in [0.2, 0.25) is 0 Å². The topological polar surface area (TPSA) is 106 Å². The summed E-state index contributed by atoms with van der Waals surface area (Å²) in [4.78, 5) is 45.7. The van der Waals surface area contributed by atoms with Gasteiger partial charge in [-0.05, 0) is 51.8 Å². The van der Waals surface area contributed by atoms with Crippen LogP contribution in [0.4, 0.5) is 0 Å². The van der Waals surface area contributed by atoms with Crippen molar-refractivity contribution in [2.45, 2.75) is 64.0 Å². The number of β-lactam (4-membered cyclic amide) rings is 1. The molecule has 236 valence electrons. The first-order valence-electron chi connectivity index (χ1n) is 15.3. The van der Waals surface area contributed by atoms with Gasteiger partial charge in [-0.25, -0.2) is 0 Å². The minimum absolute atomic E-state index is 0.0616. The van der Waals surface area contributed by atoms with E-state index in [2.05, 4.69) is 4.99 Å². The molecule has 9 heteroatoms. The van der Waals surface area contributed by atoms with Crippen LogP contribution >= 0.6 is 11.8 Å². The molecule has 0 saturated carbocycles. The van der Waals surface area contributed by atoms with E-state index in [1.807, 2.05) is 100 Å². The Kier molecular flexibility index (Phi) is 9.68. The molecule has 3 aromatic rings. The fourth-order valence-electron chi connectivity index (χ4n) is 5.76. The molecule has 0 aliphatic carbocycles. The summed E-state index contributed by atoms with van der Waals surface area (Å²) in [7, 11) is 0. The maximum Gasteiger partial charge on any atom is 0.319 e. The Bertz CT molecular complexity index is 1510. The minimum atomic E-state index is -1.24. The highest BCUT2D eigenvalue weighted by atomic mass is 32.2. The highest BCUT2D eigenvalue weighted by Crippen LogP contribution is 2.45. The van der Waals surface area contributed by atoms with E-state index in [0.717, 1.165) is 27.8 Å². The fraction of sp³-hybridized carbons (Fsp3) is 0.389. The Morgan fingerprint density at radius 1 is 1.00 bits per heavy atom. The molecule has 8 nitrogen and oxygen atoms in total. The quantitative estimate of drug-likeness (QED) is 0.161. The number of carbonyl (C=O) groups is 3. The lowest BCUT2D eigenvalue weighted by Gasteiger charge is -2.52. The van der Waals surface area contributed by atoms with Crippen molar-refractivity contribution in [3.05, 3.63) is 101 Å². The van der Waals surface area contributed by atoms with Crippen LogP contribution in [0.15, 0.2) is 77.8 Å². The van der Waals surface area contributed by atoms with Gasteiger partial charge in [-0.2, -0.15) is 0 Å². The lowest BCUT2D eigenvalue weighted by Crippen LogP contribution is -2.69. The van der Waals surface area contributed by atoms with Crippen molar-refractivity contribution < 1.29 is 29.0 Å². The van der Waals surface area contributed by atoms with Crippen molar-refractivity contribution in [1.82, 2.24) is 4.90 Å². The molecule has 5 rings (SSSR count). The molecular formula is C36H40N2O6S. The predicted octanol–water partition coefficient (Wildman–Crippen LogP) is 6.22. The van der Waals surface area contributed by atoms with Crippen LogP contribution < -0.4 is 0 Å². The van der Waals surface area contributed by atoms with Crippen LogP contribution in [-0.4, -0.2) is 64.4 Å². The summed E-state index contributed by atoms with van der Waals surface area (Å²) in [5.41, 5.74) is 2.89. The first-order valence-corrected chi connectivity index (χ1v) is 16.3. The number of thioether (sulfide) groups is 1. The molecule has 3 atom stereocenters. The van der Waals surface area contributed by atoms with E-state index >= 15 is 0 Å². The molecule has 2 fully saturated rings. The molecule has 1 N–H and O–H groups in total. The molecule has 0 radical (unpaired) electrons. The summed E-state index contributed by atoms with van der Waals surface area (Å²) in [5, 5.41) is 10.5. The van der Waals surface area contributed by atoms with Gasteiger partial charge in [0.05, 0.1) is 0 Å². The zero-order valence-electron chi connectivity index (χ0n) is 26.3. The van der Waals surface area contributed by atoms with Crippen molar-refractivity contribution in [2.75, 3.05) is 18.9 Å². The second-order valence-electron chi connectivity index (χ2n) is 12.4. The zero-order chi connectivity index (χ0) is 32.3. The summed E-state index contributed by atoms with van der Waals surface area (Å²) < 4.78 is 11.6. The number of carbonyl (C=O) groups excluding carboxylic acids is 3. The summed E-state index contributed by atoms with van der Waals surface area (Å²) in [6.45, 7) is 9.28. The van der Waals surface area contributed by atoms with Crippen LogP contribution in [0.2, 0.25) is 0 Å². The van der Waals surface area contributed by atoms with E-state index in [-0.39, 0.29) is 36.3 Å². The number of fused-ring (bicyclic) bond motifs is 1. The SMILES string of the molecule is CC(=O)OCC1(C(=O)OC(c2ccccc2)c2ccccc2)CS[C@@H]2C(N=Cc3cc(C(C)C)c(O)c(C(C)C)c3)C(=O)N2C1. The van der Waals surface area contributed by atoms with Crippen LogP contribution in [0, 0.1) is 5.41 Å². The van der Waals surface area contributed by atoms with Gasteiger partial charge in [0, 0.05) is 25.4 Å². The van der Waals surface area contributed by atoms with Gasteiger partial charge in [-0.1, -0.05) is 88.4 Å². The Morgan fingerprint density at radius 2 is 1.56 bits per heavy atom. The number of rotatable bonds is 10. The first-order chi connectivity index (χ1) is 21.5. The number of hydrogen-bond donors (Lipinski definition) is 1. The number of esters is 2. The van der Waals surface area contributed by atoms with Gasteiger partial charge in [-0.15, -0.1) is 11.8 Å². The van der Waals surface area contributed by atoms with E-state index in [1.165, 1.54) is 18.7 Å². The normalized spacial score (nSPS) is 21.2. The smallest absolute Gasteiger partial charge is 0.319 e. The highest BCUT2D eigenvalue weighted by Gasteiger charge is 2.58. The zero-order valence-corrected chi connectivity index (χ0v) is 27.1. The predicted molar refractivity (Wildman–Crippen MR) is 176 cm³/mol. The lowest BCUT2D eigenvalue weighted by atomic mass is 9.87. The minimum Gasteiger partial charge on any atom is -0.507 e. The molecular weight excluding hydrogens is 588 g/mol. The number of aromatic hydroxyl groups is 1.